The van der Waals surface area contributed by atoms with Crippen LogP contribution in [0.3, 0.4) is 0 Å². The molecular formula is C15H11N5. The maximum atomic E-state index is 4.33. The summed E-state index contributed by atoms with van der Waals surface area (Å²) < 4.78 is 0. The summed E-state index contributed by atoms with van der Waals surface area (Å²) >= 11 is 0. The van der Waals surface area contributed by atoms with Crippen molar-refractivity contribution in [2.24, 2.45) is 0 Å². The van der Waals surface area contributed by atoms with Crippen molar-refractivity contribution < 1.29 is 0 Å². The highest BCUT2D eigenvalue weighted by Gasteiger charge is 2.06. The Morgan fingerprint density at radius 1 is 1.00 bits per heavy atom. The zero-order chi connectivity index (χ0) is 13.4. The molecule has 3 aromatic heterocycles. The molecule has 0 fully saturated rings. The van der Waals surface area contributed by atoms with Crippen LogP contribution in [-0.4, -0.2) is 20.2 Å². The largest absolute Gasteiger partial charge is 0.337 e. The van der Waals surface area contributed by atoms with Crippen LogP contribution >= 0.6 is 0 Å². The number of hydrogen-bond donors (Lipinski definition) is 2. The molecule has 0 unspecified atom stereocenters. The number of aromatic amines is 1. The molecule has 2 N–H and O–H groups in total. The van der Waals surface area contributed by atoms with E-state index in [9.17, 15) is 0 Å². The molecule has 0 atom stereocenters. The van der Waals surface area contributed by atoms with Gasteiger partial charge >= 0.3 is 0 Å². The number of anilines is 2. The Kier molecular flexibility index (Phi) is 2.35. The minimum absolute atomic E-state index is 0.726. The maximum absolute atomic E-state index is 4.33. The smallest absolute Gasteiger partial charge is 0.178 e. The van der Waals surface area contributed by atoms with E-state index in [0.29, 0.717) is 0 Å². The molecule has 5 heteroatoms. The van der Waals surface area contributed by atoms with Crippen molar-refractivity contribution in [3.63, 3.8) is 0 Å². The molecule has 1 aromatic carbocycles. The van der Waals surface area contributed by atoms with Crippen molar-refractivity contribution in [3.8, 4) is 0 Å². The average Bonchev–Trinajstić information content (AvgIpc) is 2.91. The summed E-state index contributed by atoms with van der Waals surface area (Å²) in [5.41, 5.74) is 2.71. The second-order valence-corrected chi connectivity index (χ2v) is 4.53. The predicted octanol–water partition coefficient (Wildman–Crippen LogP) is 3.25. The summed E-state index contributed by atoms with van der Waals surface area (Å²) in [6.45, 7) is 0. The number of nitrogens with zero attached hydrogens (tertiary/aromatic N) is 3. The summed E-state index contributed by atoms with van der Waals surface area (Å²) in [4.78, 5) is 8.47. The number of fused-ring (bicyclic) bond motifs is 2. The summed E-state index contributed by atoms with van der Waals surface area (Å²) in [5.74, 6) is 0.726. The first-order chi connectivity index (χ1) is 9.90. The van der Waals surface area contributed by atoms with Gasteiger partial charge in [0.2, 0.25) is 0 Å². The maximum Gasteiger partial charge on any atom is 0.178 e. The van der Waals surface area contributed by atoms with E-state index in [0.717, 1.165) is 33.3 Å². The van der Waals surface area contributed by atoms with Gasteiger partial charge in [-0.2, -0.15) is 5.10 Å². The van der Waals surface area contributed by atoms with Crippen LogP contribution in [0, 0.1) is 0 Å². The Labute approximate surface area is 114 Å². The number of pyridine rings is 2. The molecule has 0 saturated carbocycles. The SMILES string of the molecule is c1cnc2c(Nc3ccc4ccncc4c3)n[nH]c2c1. The number of hydrogen-bond acceptors (Lipinski definition) is 4. The topological polar surface area (TPSA) is 66.5 Å². The van der Waals surface area contributed by atoms with E-state index in [1.54, 1.807) is 12.4 Å². The number of rotatable bonds is 2. The minimum Gasteiger partial charge on any atom is -0.337 e. The number of benzene rings is 1. The van der Waals surface area contributed by atoms with E-state index in [1.165, 1.54) is 0 Å². The third kappa shape index (κ3) is 1.76. The highest BCUT2D eigenvalue weighted by Crippen LogP contribution is 2.24. The summed E-state index contributed by atoms with van der Waals surface area (Å²) in [6.07, 6.45) is 5.40. The van der Waals surface area contributed by atoms with Gasteiger partial charge in [0, 0.05) is 29.7 Å². The lowest BCUT2D eigenvalue weighted by Crippen LogP contribution is -1.92. The standard InChI is InChI=1S/C15H11N5/c1-2-13-14(17-6-1)15(20-19-13)18-12-4-3-10-5-7-16-9-11(10)8-12/h1-9H,(H2,18,19,20). The van der Waals surface area contributed by atoms with Crippen LogP contribution in [-0.2, 0) is 0 Å². The Morgan fingerprint density at radius 2 is 2.00 bits per heavy atom. The van der Waals surface area contributed by atoms with Gasteiger partial charge < -0.3 is 5.32 Å². The first-order valence-corrected chi connectivity index (χ1v) is 6.30. The molecule has 96 valence electrons. The lowest BCUT2D eigenvalue weighted by atomic mass is 10.1. The van der Waals surface area contributed by atoms with Gasteiger partial charge in [0.05, 0.1) is 5.52 Å². The molecule has 0 radical (unpaired) electrons. The van der Waals surface area contributed by atoms with Crippen LogP contribution in [0.4, 0.5) is 11.5 Å². The van der Waals surface area contributed by atoms with Gasteiger partial charge in [-0.3, -0.25) is 15.1 Å². The van der Waals surface area contributed by atoms with Crippen molar-refractivity contribution in [1.82, 2.24) is 20.2 Å². The average molecular weight is 261 g/mol. The van der Waals surface area contributed by atoms with Gasteiger partial charge in [-0.05, 0) is 35.7 Å². The molecule has 4 aromatic rings. The molecule has 20 heavy (non-hydrogen) atoms. The van der Waals surface area contributed by atoms with E-state index in [4.69, 9.17) is 0 Å². The quantitative estimate of drug-likeness (QED) is 0.581. The molecule has 0 aliphatic carbocycles. The van der Waals surface area contributed by atoms with Gasteiger partial charge in [-0.15, -0.1) is 0 Å². The first kappa shape index (κ1) is 10.9. The normalized spacial score (nSPS) is 11.0. The monoisotopic (exact) mass is 261 g/mol. The fraction of sp³-hybridized carbons (Fsp3) is 0. The van der Waals surface area contributed by atoms with Crippen molar-refractivity contribution in [2.45, 2.75) is 0 Å². The van der Waals surface area contributed by atoms with Gasteiger partial charge in [0.15, 0.2) is 5.82 Å². The zero-order valence-electron chi connectivity index (χ0n) is 10.5. The van der Waals surface area contributed by atoms with E-state index in [-0.39, 0.29) is 0 Å². The van der Waals surface area contributed by atoms with E-state index in [1.807, 2.05) is 36.5 Å². The highest BCUT2D eigenvalue weighted by molar-refractivity contribution is 5.90. The number of nitrogens with one attached hydrogen (secondary N) is 2. The van der Waals surface area contributed by atoms with Crippen molar-refractivity contribution >= 4 is 33.3 Å². The van der Waals surface area contributed by atoms with Gasteiger partial charge in [-0.1, -0.05) is 6.07 Å². The van der Waals surface area contributed by atoms with Gasteiger partial charge in [0.1, 0.15) is 5.52 Å². The predicted molar refractivity (Wildman–Crippen MR) is 78.9 cm³/mol. The lowest BCUT2D eigenvalue weighted by molar-refractivity contribution is 1.12. The fourth-order valence-electron chi connectivity index (χ4n) is 2.24. The second-order valence-electron chi connectivity index (χ2n) is 4.53. The van der Waals surface area contributed by atoms with Crippen LogP contribution in [0.2, 0.25) is 0 Å². The third-order valence-electron chi connectivity index (χ3n) is 3.22. The van der Waals surface area contributed by atoms with E-state index < -0.39 is 0 Å². The zero-order valence-corrected chi connectivity index (χ0v) is 10.5. The van der Waals surface area contributed by atoms with Crippen molar-refractivity contribution in [3.05, 3.63) is 55.0 Å². The highest BCUT2D eigenvalue weighted by atomic mass is 15.2. The number of aromatic nitrogens is 4. The first-order valence-electron chi connectivity index (χ1n) is 6.30. The van der Waals surface area contributed by atoms with Crippen molar-refractivity contribution in [2.75, 3.05) is 5.32 Å². The van der Waals surface area contributed by atoms with Gasteiger partial charge in [-0.25, -0.2) is 0 Å². The fourth-order valence-corrected chi connectivity index (χ4v) is 2.24. The molecule has 0 saturated heterocycles. The Morgan fingerprint density at radius 3 is 3.00 bits per heavy atom. The summed E-state index contributed by atoms with van der Waals surface area (Å²) in [6, 6.07) is 11.9. The van der Waals surface area contributed by atoms with Crippen LogP contribution in [0.25, 0.3) is 21.8 Å². The van der Waals surface area contributed by atoms with Crippen LogP contribution in [0.1, 0.15) is 0 Å². The lowest BCUT2D eigenvalue weighted by Gasteiger charge is -2.04. The van der Waals surface area contributed by atoms with Gasteiger partial charge in [0.25, 0.3) is 0 Å². The molecular weight excluding hydrogens is 250 g/mol. The van der Waals surface area contributed by atoms with Crippen LogP contribution in [0.5, 0.6) is 0 Å². The molecule has 0 aliphatic heterocycles. The summed E-state index contributed by atoms with van der Waals surface area (Å²) in [7, 11) is 0. The molecule has 0 amide bonds. The van der Waals surface area contributed by atoms with E-state index in [2.05, 4.69) is 31.5 Å². The van der Waals surface area contributed by atoms with E-state index >= 15 is 0 Å². The van der Waals surface area contributed by atoms with Crippen molar-refractivity contribution in [1.29, 1.82) is 0 Å². The third-order valence-corrected chi connectivity index (χ3v) is 3.22. The van der Waals surface area contributed by atoms with Crippen LogP contribution < -0.4 is 5.32 Å². The number of H-pyrrole nitrogens is 1. The Balaban J connectivity index is 1.76. The van der Waals surface area contributed by atoms with Crippen LogP contribution in [0.15, 0.2) is 55.0 Å². The second kappa shape index (κ2) is 4.31. The molecule has 0 bridgehead atoms. The minimum atomic E-state index is 0.726. The molecule has 3 heterocycles. The Hall–Kier alpha value is -2.95. The molecule has 0 aliphatic rings. The summed E-state index contributed by atoms with van der Waals surface area (Å²) in [5, 5.41) is 12.8. The molecule has 0 spiro atoms. The Bertz CT molecular complexity index is 897. The molecule has 5 nitrogen and oxygen atoms in total. The molecule has 4 rings (SSSR count).